The second-order valence-electron chi connectivity index (χ2n) is 3.40. The summed E-state index contributed by atoms with van der Waals surface area (Å²) in [5.41, 5.74) is 1.52. The molecule has 0 aromatic heterocycles. The third-order valence-electron chi connectivity index (χ3n) is 2.03. The van der Waals surface area contributed by atoms with Crippen LogP contribution in [0, 0.1) is 6.92 Å². The summed E-state index contributed by atoms with van der Waals surface area (Å²) in [5.74, 6) is -1.42. The van der Waals surface area contributed by atoms with Gasteiger partial charge in [0, 0.05) is 5.56 Å². The SMILES string of the molecule is Cc1ccc(C(=O)N[C@@H](C)C(=O)O)cc1. The maximum atomic E-state index is 11.5. The van der Waals surface area contributed by atoms with Gasteiger partial charge < -0.3 is 10.4 Å². The Labute approximate surface area is 87.9 Å². The molecule has 0 fully saturated rings. The van der Waals surface area contributed by atoms with Gasteiger partial charge in [-0.3, -0.25) is 9.59 Å². The predicted molar refractivity (Wildman–Crippen MR) is 55.7 cm³/mol. The molecule has 1 rings (SSSR count). The Bertz CT molecular complexity index is 370. The van der Waals surface area contributed by atoms with Crippen LogP contribution in [0.15, 0.2) is 24.3 Å². The molecule has 0 saturated heterocycles. The van der Waals surface area contributed by atoms with Crippen LogP contribution in [0.2, 0.25) is 0 Å². The Balaban J connectivity index is 2.69. The van der Waals surface area contributed by atoms with Gasteiger partial charge in [-0.1, -0.05) is 17.7 Å². The van der Waals surface area contributed by atoms with Crippen LogP contribution in [0.25, 0.3) is 0 Å². The van der Waals surface area contributed by atoms with Crippen molar-refractivity contribution in [2.75, 3.05) is 0 Å². The molecule has 0 spiro atoms. The van der Waals surface area contributed by atoms with Crippen LogP contribution in [0.5, 0.6) is 0 Å². The summed E-state index contributed by atoms with van der Waals surface area (Å²) < 4.78 is 0. The molecule has 1 atom stereocenters. The molecule has 4 heteroatoms. The first-order valence-electron chi connectivity index (χ1n) is 4.61. The van der Waals surface area contributed by atoms with E-state index in [0.29, 0.717) is 5.56 Å². The molecular formula is C11H13NO3. The number of carbonyl (C=O) groups excluding carboxylic acids is 1. The Kier molecular flexibility index (Phi) is 3.44. The number of carbonyl (C=O) groups is 2. The summed E-state index contributed by atoms with van der Waals surface area (Å²) >= 11 is 0. The van der Waals surface area contributed by atoms with E-state index in [1.165, 1.54) is 6.92 Å². The number of hydrogen-bond acceptors (Lipinski definition) is 2. The molecule has 4 nitrogen and oxygen atoms in total. The topological polar surface area (TPSA) is 66.4 Å². The lowest BCUT2D eigenvalue weighted by molar-refractivity contribution is -0.138. The second-order valence-corrected chi connectivity index (χ2v) is 3.40. The Morgan fingerprint density at radius 1 is 1.27 bits per heavy atom. The number of nitrogens with one attached hydrogen (secondary N) is 1. The van der Waals surface area contributed by atoms with Gasteiger partial charge in [-0.15, -0.1) is 0 Å². The molecule has 2 N–H and O–H groups in total. The number of rotatable bonds is 3. The van der Waals surface area contributed by atoms with Gasteiger partial charge in [0.05, 0.1) is 0 Å². The molecule has 0 bridgehead atoms. The maximum Gasteiger partial charge on any atom is 0.325 e. The molecule has 80 valence electrons. The summed E-state index contributed by atoms with van der Waals surface area (Å²) in [6, 6.07) is 6.07. The van der Waals surface area contributed by atoms with E-state index in [1.54, 1.807) is 24.3 Å². The van der Waals surface area contributed by atoms with Gasteiger partial charge in [0.2, 0.25) is 0 Å². The molecule has 0 radical (unpaired) electrons. The Morgan fingerprint density at radius 2 is 1.80 bits per heavy atom. The van der Waals surface area contributed by atoms with Crippen LogP contribution in [0.1, 0.15) is 22.8 Å². The summed E-state index contributed by atoms with van der Waals surface area (Å²) in [4.78, 5) is 22.0. The average molecular weight is 207 g/mol. The van der Waals surface area contributed by atoms with Crippen LogP contribution in [-0.4, -0.2) is 23.0 Å². The maximum absolute atomic E-state index is 11.5. The molecule has 0 unspecified atom stereocenters. The minimum Gasteiger partial charge on any atom is -0.480 e. The highest BCUT2D eigenvalue weighted by molar-refractivity contribution is 5.96. The van der Waals surface area contributed by atoms with Gasteiger partial charge in [-0.25, -0.2) is 0 Å². The molecule has 1 amide bonds. The lowest BCUT2D eigenvalue weighted by atomic mass is 10.1. The first-order valence-corrected chi connectivity index (χ1v) is 4.61. The van der Waals surface area contributed by atoms with Crippen LogP contribution in [0.3, 0.4) is 0 Å². The largest absolute Gasteiger partial charge is 0.480 e. The smallest absolute Gasteiger partial charge is 0.325 e. The Morgan fingerprint density at radius 3 is 2.27 bits per heavy atom. The van der Waals surface area contributed by atoms with Gasteiger partial charge in [-0.05, 0) is 26.0 Å². The molecule has 15 heavy (non-hydrogen) atoms. The van der Waals surface area contributed by atoms with Crippen LogP contribution in [0.4, 0.5) is 0 Å². The van der Waals surface area contributed by atoms with Crippen LogP contribution in [-0.2, 0) is 4.79 Å². The normalized spacial score (nSPS) is 11.9. The molecule has 0 heterocycles. The van der Waals surface area contributed by atoms with Crippen LogP contribution >= 0.6 is 0 Å². The second kappa shape index (κ2) is 4.59. The van der Waals surface area contributed by atoms with E-state index in [-0.39, 0.29) is 5.91 Å². The van der Waals surface area contributed by atoms with Crippen molar-refractivity contribution in [1.82, 2.24) is 5.32 Å². The molecule has 0 aliphatic rings. The van der Waals surface area contributed by atoms with Crippen molar-refractivity contribution >= 4 is 11.9 Å². The number of amides is 1. The summed E-state index contributed by atoms with van der Waals surface area (Å²) in [7, 11) is 0. The number of aliphatic carboxylic acids is 1. The highest BCUT2D eigenvalue weighted by Crippen LogP contribution is 2.03. The van der Waals surface area contributed by atoms with Gasteiger partial charge in [0.1, 0.15) is 6.04 Å². The fourth-order valence-corrected chi connectivity index (χ4v) is 1.05. The first kappa shape index (κ1) is 11.2. The standard InChI is InChI=1S/C11H13NO3/c1-7-3-5-9(6-4-7)10(13)12-8(2)11(14)15/h3-6,8H,1-2H3,(H,12,13)(H,14,15)/t8-/m0/s1. The average Bonchev–Trinajstić information content (AvgIpc) is 2.18. The quantitative estimate of drug-likeness (QED) is 0.782. The van der Waals surface area contributed by atoms with E-state index in [4.69, 9.17) is 5.11 Å². The molecule has 0 saturated carbocycles. The van der Waals surface area contributed by atoms with Gasteiger partial charge in [0.25, 0.3) is 5.91 Å². The molecule has 1 aromatic rings. The summed E-state index contributed by atoms with van der Waals surface area (Å²) in [5, 5.41) is 11.0. The van der Waals surface area contributed by atoms with Crippen molar-refractivity contribution in [2.45, 2.75) is 19.9 Å². The Hall–Kier alpha value is -1.84. The minimum absolute atomic E-state index is 0.370. The van der Waals surface area contributed by atoms with Gasteiger partial charge >= 0.3 is 5.97 Å². The number of hydrogen-bond donors (Lipinski definition) is 2. The number of carboxylic acids is 1. The zero-order chi connectivity index (χ0) is 11.4. The lowest BCUT2D eigenvalue weighted by Gasteiger charge is -2.08. The lowest BCUT2D eigenvalue weighted by Crippen LogP contribution is -2.38. The fraction of sp³-hybridized carbons (Fsp3) is 0.273. The third-order valence-corrected chi connectivity index (χ3v) is 2.03. The van der Waals surface area contributed by atoms with E-state index >= 15 is 0 Å². The van der Waals surface area contributed by atoms with Crippen LogP contribution < -0.4 is 5.32 Å². The molecule has 0 aliphatic carbocycles. The van der Waals surface area contributed by atoms with Gasteiger partial charge in [-0.2, -0.15) is 0 Å². The van der Waals surface area contributed by atoms with Crippen molar-refractivity contribution in [3.63, 3.8) is 0 Å². The fourth-order valence-electron chi connectivity index (χ4n) is 1.05. The zero-order valence-electron chi connectivity index (χ0n) is 8.65. The van der Waals surface area contributed by atoms with Crippen molar-refractivity contribution in [1.29, 1.82) is 0 Å². The minimum atomic E-state index is -1.05. The van der Waals surface area contributed by atoms with E-state index < -0.39 is 12.0 Å². The highest BCUT2D eigenvalue weighted by Gasteiger charge is 2.14. The van der Waals surface area contributed by atoms with Crippen molar-refractivity contribution in [2.24, 2.45) is 0 Å². The summed E-state index contributed by atoms with van der Waals surface area (Å²) in [6.07, 6.45) is 0. The zero-order valence-corrected chi connectivity index (χ0v) is 8.65. The number of carboxylic acid groups (broad SMARTS) is 1. The highest BCUT2D eigenvalue weighted by atomic mass is 16.4. The summed E-state index contributed by atoms with van der Waals surface area (Å²) in [6.45, 7) is 3.34. The van der Waals surface area contributed by atoms with E-state index in [9.17, 15) is 9.59 Å². The number of benzene rings is 1. The van der Waals surface area contributed by atoms with E-state index in [0.717, 1.165) is 5.56 Å². The van der Waals surface area contributed by atoms with E-state index in [1.807, 2.05) is 6.92 Å². The molecule has 0 aliphatic heterocycles. The first-order chi connectivity index (χ1) is 7.00. The number of aryl methyl sites for hydroxylation is 1. The molecule has 1 aromatic carbocycles. The van der Waals surface area contributed by atoms with Crippen molar-refractivity contribution in [3.05, 3.63) is 35.4 Å². The molecular weight excluding hydrogens is 194 g/mol. The third kappa shape index (κ3) is 3.09. The predicted octanol–water partition coefficient (Wildman–Crippen LogP) is 1.20. The van der Waals surface area contributed by atoms with Gasteiger partial charge in [0.15, 0.2) is 0 Å². The van der Waals surface area contributed by atoms with Crippen molar-refractivity contribution < 1.29 is 14.7 Å². The van der Waals surface area contributed by atoms with E-state index in [2.05, 4.69) is 5.32 Å². The monoisotopic (exact) mass is 207 g/mol. The van der Waals surface area contributed by atoms with Crippen molar-refractivity contribution in [3.8, 4) is 0 Å².